The summed E-state index contributed by atoms with van der Waals surface area (Å²) < 4.78 is 10.7. The van der Waals surface area contributed by atoms with Crippen LogP contribution in [0.4, 0.5) is 0 Å². The molecule has 5 heteroatoms. The summed E-state index contributed by atoms with van der Waals surface area (Å²) in [5.41, 5.74) is 3.65. The molecule has 31 heavy (non-hydrogen) atoms. The van der Waals surface area contributed by atoms with Gasteiger partial charge in [-0.25, -0.2) is 0 Å². The monoisotopic (exact) mass is 415 g/mol. The topological polar surface area (TPSA) is 37.3 Å². The van der Waals surface area contributed by atoms with Gasteiger partial charge in [-0.05, 0) is 34.9 Å². The Morgan fingerprint density at radius 2 is 1.32 bits per heavy atom. The molecule has 0 spiro atoms. The van der Waals surface area contributed by atoms with Crippen molar-refractivity contribution in [3.05, 3.63) is 95.6 Å². The van der Waals surface area contributed by atoms with Crippen LogP contribution >= 0.6 is 0 Å². The van der Waals surface area contributed by atoms with Crippen molar-refractivity contribution in [3.8, 4) is 11.5 Å². The van der Waals surface area contributed by atoms with E-state index < -0.39 is 0 Å². The first-order chi connectivity index (χ1) is 15.3. The molecule has 3 aromatic carbocycles. The molecule has 4 rings (SSSR count). The number of hydrogen-bond acceptors (Lipinski definition) is 5. The van der Waals surface area contributed by atoms with Gasteiger partial charge in [0.05, 0.1) is 26.5 Å². The van der Waals surface area contributed by atoms with Crippen molar-refractivity contribution < 1.29 is 9.47 Å². The molecule has 0 atom stereocenters. The van der Waals surface area contributed by atoms with Crippen LogP contribution in [0.1, 0.15) is 22.7 Å². The second-order valence-corrected chi connectivity index (χ2v) is 7.57. The molecule has 1 fully saturated rings. The van der Waals surface area contributed by atoms with Crippen LogP contribution in [0.25, 0.3) is 0 Å². The van der Waals surface area contributed by atoms with Gasteiger partial charge < -0.3 is 9.47 Å². The third-order valence-electron chi connectivity index (χ3n) is 5.66. The van der Waals surface area contributed by atoms with Crippen molar-refractivity contribution in [3.63, 3.8) is 0 Å². The lowest BCUT2D eigenvalue weighted by Gasteiger charge is -2.38. The number of nitrogens with zero attached hydrogens (tertiary/aromatic N) is 3. The first-order valence-electron chi connectivity index (χ1n) is 10.6. The molecule has 0 saturated carbocycles. The van der Waals surface area contributed by atoms with Crippen molar-refractivity contribution in [1.29, 1.82) is 0 Å². The van der Waals surface area contributed by atoms with Crippen LogP contribution in [0.2, 0.25) is 0 Å². The van der Waals surface area contributed by atoms with E-state index in [4.69, 9.17) is 14.6 Å². The lowest BCUT2D eigenvalue weighted by atomic mass is 9.96. The minimum Gasteiger partial charge on any atom is -0.493 e. The molecule has 0 amide bonds. The minimum absolute atomic E-state index is 0.263. The smallest absolute Gasteiger partial charge is 0.161 e. The quantitative estimate of drug-likeness (QED) is 0.535. The molecule has 1 heterocycles. The molecule has 160 valence electrons. The number of methoxy groups -OCH3 is 2. The summed E-state index contributed by atoms with van der Waals surface area (Å²) in [7, 11) is 3.29. The predicted molar refractivity (Wildman–Crippen MR) is 125 cm³/mol. The van der Waals surface area contributed by atoms with E-state index in [1.165, 1.54) is 11.1 Å². The molecular weight excluding hydrogens is 386 g/mol. The second kappa shape index (κ2) is 10.1. The number of piperazine rings is 1. The molecule has 0 aromatic heterocycles. The van der Waals surface area contributed by atoms with Gasteiger partial charge in [0.15, 0.2) is 11.5 Å². The van der Waals surface area contributed by atoms with E-state index in [1.807, 2.05) is 24.4 Å². The molecule has 3 aromatic rings. The zero-order chi connectivity index (χ0) is 21.5. The summed E-state index contributed by atoms with van der Waals surface area (Å²) in [5.74, 6) is 1.44. The van der Waals surface area contributed by atoms with Gasteiger partial charge in [-0.2, -0.15) is 5.10 Å². The van der Waals surface area contributed by atoms with Gasteiger partial charge in [-0.3, -0.25) is 9.91 Å². The largest absolute Gasteiger partial charge is 0.493 e. The van der Waals surface area contributed by atoms with Gasteiger partial charge in [0, 0.05) is 26.2 Å². The Balaban J connectivity index is 1.44. The van der Waals surface area contributed by atoms with Crippen LogP contribution in [0.15, 0.2) is 84.0 Å². The minimum atomic E-state index is 0.263. The van der Waals surface area contributed by atoms with Gasteiger partial charge in [-0.1, -0.05) is 60.7 Å². The second-order valence-electron chi connectivity index (χ2n) is 7.57. The maximum absolute atomic E-state index is 5.39. The SMILES string of the molecule is COc1ccc(/C=N/N2CCN(C(c3ccccc3)c3ccccc3)CC2)cc1OC. The summed E-state index contributed by atoms with van der Waals surface area (Å²) in [5, 5.41) is 6.85. The molecule has 0 N–H and O–H groups in total. The molecule has 1 aliphatic heterocycles. The fourth-order valence-electron chi connectivity index (χ4n) is 4.05. The third kappa shape index (κ3) is 5.06. The van der Waals surface area contributed by atoms with Crippen LogP contribution in [0, 0.1) is 0 Å². The number of ether oxygens (including phenoxy) is 2. The Morgan fingerprint density at radius 3 is 1.87 bits per heavy atom. The Morgan fingerprint density at radius 1 is 0.742 bits per heavy atom. The van der Waals surface area contributed by atoms with E-state index in [0.29, 0.717) is 5.75 Å². The van der Waals surface area contributed by atoms with E-state index in [-0.39, 0.29) is 6.04 Å². The summed E-state index contributed by atoms with van der Waals surface area (Å²) in [6, 6.07) is 27.6. The average Bonchev–Trinajstić information content (AvgIpc) is 2.85. The number of hydrogen-bond donors (Lipinski definition) is 0. The third-order valence-corrected chi connectivity index (χ3v) is 5.66. The maximum Gasteiger partial charge on any atom is 0.161 e. The Labute approximate surface area is 184 Å². The number of benzene rings is 3. The lowest BCUT2D eigenvalue weighted by molar-refractivity contribution is 0.113. The first kappa shape index (κ1) is 20.9. The van der Waals surface area contributed by atoms with Gasteiger partial charge in [0.25, 0.3) is 0 Å². The molecule has 0 aliphatic carbocycles. The zero-order valence-electron chi connectivity index (χ0n) is 18.1. The van der Waals surface area contributed by atoms with E-state index in [0.717, 1.165) is 37.5 Å². The van der Waals surface area contributed by atoms with Crippen molar-refractivity contribution >= 4 is 6.21 Å². The summed E-state index contributed by atoms with van der Waals surface area (Å²) in [6.45, 7) is 3.69. The van der Waals surface area contributed by atoms with E-state index in [2.05, 4.69) is 70.6 Å². The fraction of sp³-hybridized carbons (Fsp3) is 0.269. The molecule has 0 bridgehead atoms. The van der Waals surface area contributed by atoms with Crippen LogP contribution in [0.3, 0.4) is 0 Å². The zero-order valence-corrected chi connectivity index (χ0v) is 18.1. The van der Waals surface area contributed by atoms with Gasteiger partial charge in [-0.15, -0.1) is 0 Å². The predicted octanol–water partition coefficient (Wildman–Crippen LogP) is 4.44. The van der Waals surface area contributed by atoms with Crippen molar-refractivity contribution in [2.24, 2.45) is 5.10 Å². The van der Waals surface area contributed by atoms with Crippen LogP contribution in [0.5, 0.6) is 11.5 Å². The van der Waals surface area contributed by atoms with Crippen LogP contribution in [-0.4, -0.2) is 56.5 Å². The summed E-state index contributed by atoms with van der Waals surface area (Å²) >= 11 is 0. The average molecular weight is 416 g/mol. The number of hydrazone groups is 1. The lowest BCUT2D eigenvalue weighted by Crippen LogP contribution is -2.45. The fourth-order valence-corrected chi connectivity index (χ4v) is 4.05. The highest BCUT2D eigenvalue weighted by atomic mass is 16.5. The van der Waals surface area contributed by atoms with E-state index >= 15 is 0 Å². The molecule has 1 aliphatic rings. The van der Waals surface area contributed by atoms with Gasteiger partial charge in [0.2, 0.25) is 0 Å². The van der Waals surface area contributed by atoms with Crippen molar-refractivity contribution in [2.45, 2.75) is 6.04 Å². The summed E-state index contributed by atoms with van der Waals surface area (Å²) in [6.07, 6.45) is 1.89. The highest BCUT2D eigenvalue weighted by Crippen LogP contribution is 2.30. The van der Waals surface area contributed by atoms with Crippen molar-refractivity contribution in [1.82, 2.24) is 9.91 Å². The standard InChI is InChI=1S/C26H29N3O2/c1-30-24-14-13-21(19-25(24)31-2)20-27-29-17-15-28(16-18-29)26(22-9-5-3-6-10-22)23-11-7-4-8-12-23/h3-14,19-20,26H,15-18H2,1-2H3/b27-20+. The van der Waals surface area contributed by atoms with E-state index in [9.17, 15) is 0 Å². The van der Waals surface area contributed by atoms with Crippen LogP contribution < -0.4 is 9.47 Å². The maximum atomic E-state index is 5.39. The Hall–Kier alpha value is -3.31. The molecule has 5 nitrogen and oxygen atoms in total. The molecular formula is C26H29N3O2. The van der Waals surface area contributed by atoms with Crippen molar-refractivity contribution in [2.75, 3.05) is 40.4 Å². The highest BCUT2D eigenvalue weighted by Gasteiger charge is 2.25. The highest BCUT2D eigenvalue weighted by molar-refractivity contribution is 5.80. The van der Waals surface area contributed by atoms with Crippen LogP contribution in [-0.2, 0) is 0 Å². The summed E-state index contributed by atoms with van der Waals surface area (Å²) in [4.78, 5) is 2.55. The molecule has 0 unspecified atom stereocenters. The Bertz CT molecular complexity index is 945. The van der Waals surface area contributed by atoms with Gasteiger partial charge in [0.1, 0.15) is 0 Å². The first-order valence-corrected chi connectivity index (χ1v) is 10.6. The molecule has 1 saturated heterocycles. The normalized spacial score (nSPS) is 14.9. The number of rotatable bonds is 7. The van der Waals surface area contributed by atoms with E-state index in [1.54, 1.807) is 14.2 Å². The Kier molecular flexibility index (Phi) is 6.85. The molecule has 0 radical (unpaired) electrons. The van der Waals surface area contributed by atoms with Gasteiger partial charge >= 0.3 is 0 Å².